The van der Waals surface area contributed by atoms with Gasteiger partial charge in [0.25, 0.3) is 0 Å². The van der Waals surface area contributed by atoms with Crippen LogP contribution in [0.2, 0.25) is 5.02 Å². The Morgan fingerprint density at radius 1 is 1.12 bits per heavy atom. The van der Waals surface area contributed by atoms with Crippen molar-refractivity contribution in [2.24, 2.45) is 0 Å². The fourth-order valence-electron chi connectivity index (χ4n) is 4.56. The van der Waals surface area contributed by atoms with E-state index in [1.54, 1.807) is 14.2 Å². The lowest BCUT2D eigenvalue weighted by Gasteiger charge is -2.36. The zero-order chi connectivity index (χ0) is 23.0. The number of nitrogens with zero attached hydrogens (tertiary/aromatic N) is 1. The van der Waals surface area contributed by atoms with E-state index in [0.29, 0.717) is 40.5 Å². The molecule has 0 spiro atoms. The molecule has 5 nitrogen and oxygen atoms in total. The molecule has 1 aliphatic heterocycles. The Hall–Kier alpha value is -2.75. The Labute approximate surface area is 200 Å². The Morgan fingerprint density at radius 2 is 1.78 bits per heavy atom. The number of ketones is 1. The van der Waals surface area contributed by atoms with Gasteiger partial charge in [-0.2, -0.15) is 5.26 Å². The molecule has 1 N–H and O–H groups in total. The van der Waals surface area contributed by atoms with Crippen LogP contribution in [0.15, 0.2) is 63.4 Å². The highest BCUT2D eigenvalue weighted by molar-refractivity contribution is 9.10. The number of dihydropyridines is 1. The van der Waals surface area contributed by atoms with Crippen LogP contribution in [0.5, 0.6) is 11.5 Å². The summed E-state index contributed by atoms with van der Waals surface area (Å²) in [4.78, 5) is 13.5. The highest BCUT2D eigenvalue weighted by atomic mass is 79.9. The van der Waals surface area contributed by atoms with Gasteiger partial charge >= 0.3 is 0 Å². The van der Waals surface area contributed by atoms with E-state index in [1.165, 1.54) is 0 Å². The number of carbonyl (C=O) groups excluding carboxylic acids is 1. The Bertz CT molecular complexity index is 1190. The van der Waals surface area contributed by atoms with Crippen molar-refractivity contribution in [3.63, 3.8) is 0 Å². The van der Waals surface area contributed by atoms with Crippen molar-refractivity contribution in [3.05, 3.63) is 79.6 Å². The summed E-state index contributed by atoms with van der Waals surface area (Å²) in [6.07, 6.45) is 1.06. The van der Waals surface area contributed by atoms with E-state index in [4.69, 9.17) is 21.1 Å². The second kappa shape index (κ2) is 9.01. The van der Waals surface area contributed by atoms with Gasteiger partial charge in [-0.25, -0.2) is 0 Å². The SMILES string of the molecule is COc1cc(Br)c([C@@H]2C(C#N)=C(C)NC3=C2C(=O)C[C@@H](c2ccc(Cl)cc2)C3)cc1OC. The van der Waals surface area contributed by atoms with Gasteiger partial charge in [-0.05, 0) is 54.7 Å². The lowest BCUT2D eigenvalue weighted by molar-refractivity contribution is -0.116. The van der Waals surface area contributed by atoms with Gasteiger partial charge in [-0.3, -0.25) is 4.79 Å². The average molecular weight is 514 g/mol. The molecule has 4 rings (SSSR count). The summed E-state index contributed by atoms with van der Waals surface area (Å²) in [5.41, 5.74) is 4.66. The topological polar surface area (TPSA) is 71.3 Å². The van der Waals surface area contributed by atoms with Gasteiger partial charge in [0.1, 0.15) is 0 Å². The molecule has 0 unspecified atom stereocenters. The lowest BCUT2D eigenvalue weighted by Crippen LogP contribution is -2.33. The van der Waals surface area contributed by atoms with Crippen molar-refractivity contribution >= 4 is 33.3 Å². The Morgan fingerprint density at radius 3 is 2.41 bits per heavy atom. The minimum atomic E-state index is -0.482. The third-order valence-corrected chi connectivity index (χ3v) is 7.04. The summed E-state index contributed by atoms with van der Waals surface area (Å²) in [5.74, 6) is 0.721. The van der Waals surface area contributed by atoms with E-state index in [1.807, 2.05) is 43.3 Å². The van der Waals surface area contributed by atoms with Crippen molar-refractivity contribution in [1.82, 2.24) is 5.32 Å². The van der Waals surface area contributed by atoms with Crippen LogP contribution in [0.25, 0.3) is 0 Å². The number of nitrogens with one attached hydrogen (secondary N) is 1. The maximum absolute atomic E-state index is 13.5. The average Bonchev–Trinajstić information content (AvgIpc) is 2.78. The Kier molecular flexibility index (Phi) is 6.32. The molecule has 0 aromatic heterocycles. The van der Waals surface area contributed by atoms with Gasteiger partial charge in [0.05, 0.1) is 31.8 Å². The maximum Gasteiger partial charge on any atom is 0.162 e. The molecule has 7 heteroatoms. The van der Waals surface area contributed by atoms with Crippen LogP contribution in [0, 0.1) is 11.3 Å². The van der Waals surface area contributed by atoms with E-state index in [9.17, 15) is 10.1 Å². The molecule has 2 aliphatic rings. The molecule has 0 radical (unpaired) electrons. The molecule has 0 amide bonds. The van der Waals surface area contributed by atoms with Gasteiger partial charge in [0, 0.05) is 32.9 Å². The summed E-state index contributed by atoms with van der Waals surface area (Å²) in [7, 11) is 3.14. The fraction of sp³-hybridized carbons (Fsp3) is 0.280. The minimum absolute atomic E-state index is 0.0330. The standard InChI is InChI=1S/C25H22BrClN2O3/c1-13-18(12-28)24(17-10-22(31-2)23(32-3)11-19(17)26)25-20(29-13)8-15(9-21(25)30)14-4-6-16(27)7-5-14/h4-7,10-11,15,24,29H,8-9H2,1-3H3/t15-,24+/m0/s1. The summed E-state index contributed by atoms with van der Waals surface area (Å²) in [6, 6.07) is 13.6. The monoisotopic (exact) mass is 512 g/mol. The van der Waals surface area contributed by atoms with Crippen LogP contribution in [0.3, 0.4) is 0 Å². The van der Waals surface area contributed by atoms with E-state index < -0.39 is 5.92 Å². The fourth-order valence-corrected chi connectivity index (χ4v) is 5.24. The smallest absolute Gasteiger partial charge is 0.162 e. The second-order valence-electron chi connectivity index (χ2n) is 7.91. The summed E-state index contributed by atoms with van der Waals surface area (Å²) < 4.78 is 11.6. The first-order chi connectivity index (χ1) is 15.4. The molecule has 1 aliphatic carbocycles. The van der Waals surface area contributed by atoms with E-state index in [-0.39, 0.29) is 11.7 Å². The maximum atomic E-state index is 13.5. The van der Waals surface area contributed by atoms with Gasteiger partial charge in [0.15, 0.2) is 17.3 Å². The van der Waals surface area contributed by atoms with Crippen LogP contribution < -0.4 is 14.8 Å². The zero-order valence-corrected chi connectivity index (χ0v) is 20.3. The molecule has 2 aromatic rings. The van der Waals surface area contributed by atoms with Crippen LogP contribution in [0.1, 0.15) is 42.7 Å². The predicted molar refractivity (Wildman–Crippen MR) is 127 cm³/mol. The quantitative estimate of drug-likeness (QED) is 0.542. The van der Waals surface area contributed by atoms with Crippen LogP contribution in [-0.2, 0) is 4.79 Å². The number of Topliss-reactive ketones (excluding diaryl/α,β-unsaturated/α-hetero) is 1. The highest BCUT2D eigenvalue weighted by Gasteiger charge is 2.40. The third kappa shape index (κ3) is 3.92. The van der Waals surface area contributed by atoms with Crippen molar-refractivity contribution in [3.8, 4) is 17.6 Å². The number of rotatable bonds is 4. The zero-order valence-electron chi connectivity index (χ0n) is 18.0. The van der Waals surface area contributed by atoms with E-state index in [0.717, 1.165) is 27.0 Å². The first kappa shape index (κ1) is 22.4. The predicted octanol–water partition coefficient (Wildman–Crippen LogP) is 6.00. The first-order valence-electron chi connectivity index (χ1n) is 10.2. The minimum Gasteiger partial charge on any atom is -0.493 e. The number of hydrogen-bond donors (Lipinski definition) is 1. The van der Waals surface area contributed by atoms with Gasteiger partial charge in [-0.15, -0.1) is 0 Å². The molecule has 164 valence electrons. The number of carbonyl (C=O) groups is 1. The van der Waals surface area contributed by atoms with Crippen molar-refractivity contribution in [1.29, 1.82) is 5.26 Å². The van der Waals surface area contributed by atoms with Crippen LogP contribution in [-0.4, -0.2) is 20.0 Å². The first-order valence-corrected chi connectivity index (χ1v) is 11.4. The van der Waals surface area contributed by atoms with Gasteiger partial charge < -0.3 is 14.8 Å². The van der Waals surface area contributed by atoms with Crippen molar-refractivity contribution in [2.45, 2.75) is 31.6 Å². The molecule has 0 saturated carbocycles. The third-order valence-electron chi connectivity index (χ3n) is 6.10. The van der Waals surface area contributed by atoms with E-state index in [2.05, 4.69) is 27.3 Å². The summed E-state index contributed by atoms with van der Waals surface area (Å²) in [6.45, 7) is 1.88. The van der Waals surface area contributed by atoms with Crippen molar-refractivity contribution < 1.29 is 14.3 Å². The van der Waals surface area contributed by atoms with Crippen molar-refractivity contribution in [2.75, 3.05) is 14.2 Å². The normalized spacial score (nSPS) is 20.4. The molecule has 1 heterocycles. The Balaban J connectivity index is 1.83. The largest absolute Gasteiger partial charge is 0.493 e. The molecule has 2 atom stereocenters. The number of allylic oxidation sites excluding steroid dienone is 4. The molecule has 32 heavy (non-hydrogen) atoms. The number of halogens is 2. The molecule has 0 saturated heterocycles. The van der Waals surface area contributed by atoms with Crippen LogP contribution >= 0.6 is 27.5 Å². The van der Waals surface area contributed by atoms with E-state index >= 15 is 0 Å². The molecule has 0 bridgehead atoms. The molecular weight excluding hydrogens is 492 g/mol. The summed E-state index contributed by atoms with van der Waals surface area (Å²) >= 11 is 9.66. The summed E-state index contributed by atoms with van der Waals surface area (Å²) in [5, 5.41) is 14.0. The van der Waals surface area contributed by atoms with Gasteiger partial charge in [-0.1, -0.05) is 39.7 Å². The number of nitriles is 1. The number of hydrogen-bond acceptors (Lipinski definition) is 5. The number of benzene rings is 2. The molecule has 0 fully saturated rings. The second-order valence-corrected chi connectivity index (χ2v) is 9.20. The molecular formula is C25H22BrClN2O3. The van der Waals surface area contributed by atoms with Gasteiger partial charge in [0.2, 0.25) is 0 Å². The highest BCUT2D eigenvalue weighted by Crippen LogP contribution is 2.48. The number of methoxy groups -OCH3 is 2. The number of ether oxygens (including phenoxy) is 2. The van der Waals surface area contributed by atoms with Crippen LogP contribution in [0.4, 0.5) is 0 Å². The lowest BCUT2D eigenvalue weighted by atomic mass is 9.72. The molecule has 2 aromatic carbocycles.